The third kappa shape index (κ3) is 8.98. The van der Waals surface area contributed by atoms with E-state index in [2.05, 4.69) is 6.92 Å². The monoisotopic (exact) mass is 504 g/mol. The molecule has 0 bridgehead atoms. The number of carbonyl (C=O) groups excluding carboxylic acids is 2. The lowest BCUT2D eigenvalue weighted by molar-refractivity contribution is -0.148. The SMILES string of the molecule is CCCOc1ccc(-c2ccc(OC(=O)c3ccc(OCCCCOC(=O)C(C)CC)cc3)cc2)cc1. The number of carbonyl (C=O) groups is 2. The Hall–Kier alpha value is -3.80. The van der Waals surface area contributed by atoms with Crippen LogP contribution < -0.4 is 14.2 Å². The molecule has 0 aliphatic rings. The molecule has 3 aromatic carbocycles. The van der Waals surface area contributed by atoms with Crippen molar-refractivity contribution in [3.8, 4) is 28.4 Å². The molecule has 0 fully saturated rings. The predicted molar refractivity (Wildman–Crippen MR) is 144 cm³/mol. The minimum Gasteiger partial charge on any atom is -0.494 e. The lowest BCUT2D eigenvalue weighted by Gasteiger charge is -2.10. The van der Waals surface area contributed by atoms with E-state index in [1.165, 1.54) is 0 Å². The average molecular weight is 505 g/mol. The zero-order chi connectivity index (χ0) is 26.5. The normalized spacial score (nSPS) is 11.4. The molecule has 3 rings (SSSR count). The molecular formula is C31H36O6. The summed E-state index contributed by atoms with van der Waals surface area (Å²) in [5, 5.41) is 0. The highest BCUT2D eigenvalue weighted by Crippen LogP contribution is 2.25. The number of ether oxygens (including phenoxy) is 4. The molecule has 1 unspecified atom stereocenters. The van der Waals surface area contributed by atoms with Gasteiger partial charge in [0.15, 0.2) is 0 Å². The Morgan fingerprint density at radius 2 is 1.19 bits per heavy atom. The van der Waals surface area contributed by atoms with Crippen LogP contribution in [-0.4, -0.2) is 31.8 Å². The van der Waals surface area contributed by atoms with E-state index >= 15 is 0 Å². The van der Waals surface area contributed by atoms with Crippen LogP contribution in [0.2, 0.25) is 0 Å². The Morgan fingerprint density at radius 1 is 0.676 bits per heavy atom. The maximum atomic E-state index is 12.5. The Balaban J connectivity index is 1.42. The van der Waals surface area contributed by atoms with E-state index in [0.717, 1.165) is 42.6 Å². The molecule has 3 aromatic rings. The van der Waals surface area contributed by atoms with Gasteiger partial charge < -0.3 is 18.9 Å². The van der Waals surface area contributed by atoms with Gasteiger partial charge in [-0.3, -0.25) is 4.79 Å². The molecule has 0 spiro atoms. The summed E-state index contributed by atoms with van der Waals surface area (Å²) in [7, 11) is 0. The van der Waals surface area contributed by atoms with E-state index in [1.54, 1.807) is 36.4 Å². The number of rotatable bonds is 14. The zero-order valence-corrected chi connectivity index (χ0v) is 21.9. The molecule has 37 heavy (non-hydrogen) atoms. The fraction of sp³-hybridized carbons (Fsp3) is 0.355. The highest BCUT2D eigenvalue weighted by molar-refractivity contribution is 5.91. The van der Waals surface area contributed by atoms with Crippen LogP contribution >= 0.6 is 0 Å². The molecular weight excluding hydrogens is 468 g/mol. The maximum Gasteiger partial charge on any atom is 0.343 e. The molecule has 0 radical (unpaired) electrons. The van der Waals surface area contributed by atoms with Crippen molar-refractivity contribution in [2.24, 2.45) is 5.92 Å². The van der Waals surface area contributed by atoms with Crippen molar-refractivity contribution >= 4 is 11.9 Å². The van der Waals surface area contributed by atoms with Gasteiger partial charge in [0.2, 0.25) is 0 Å². The topological polar surface area (TPSA) is 71.1 Å². The first-order chi connectivity index (χ1) is 18.0. The second-order valence-corrected chi connectivity index (χ2v) is 8.84. The van der Waals surface area contributed by atoms with Crippen molar-refractivity contribution in [1.29, 1.82) is 0 Å². The Bertz CT molecular complexity index is 1100. The molecule has 0 aliphatic carbocycles. The molecule has 0 saturated carbocycles. The van der Waals surface area contributed by atoms with Crippen LogP contribution in [-0.2, 0) is 9.53 Å². The summed E-state index contributed by atoms with van der Waals surface area (Å²) in [6.45, 7) is 7.52. The smallest absolute Gasteiger partial charge is 0.343 e. The molecule has 1 atom stereocenters. The van der Waals surface area contributed by atoms with Gasteiger partial charge in [0.1, 0.15) is 17.2 Å². The molecule has 0 amide bonds. The van der Waals surface area contributed by atoms with Crippen LogP contribution in [0.5, 0.6) is 17.2 Å². The largest absolute Gasteiger partial charge is 0.494 e. The van der Waals surface area contributed by atoms with E-state index in [9.17, 15) is 9.59 Å². The van der Waals surface area contributed by atoms with E-state index < -0.39 is 5.97 Å². The predicted octanol–water partition coefficient (Wildman–Crippen LogP) is 7.11. The summed E-state index contributed by atoms with van der Waals surface area (Å²) in [6, 6.07) is 22.2. The third-order valence-corrected chi connectivity index (χ3v) is 5.88. The second kappa shape index (κ2) is 14.7. The van der Waals surface area contributed by atoms with Gasteiger partial charge >= 0.3 is 11.9 Å². The van der Waals surface area contributed by atoms with Crippen LogP contribution in [0.1, 0.15) is 56.8 Å². The summed E-state index contributed by atoms with van der Waals surface area (Å²) in [4.78, 5) is 24.2. The Morgan fingerprint density at radius 3 is 1.76 bits per heavy atom. The Kier molecular flexibility index (Phi) is 11.0. The lowest BCUT2D eigenvalue weighted by atomic mass is 10.1. The highest BCUT2D eigenvalue weighted by Gasteiger charge is 2.11. The summed E-state index contributed by atoms with van der Waals surface area (Å²) >= 11 is 0. The number of benzene rings is 3. The first-order valence-electron chi connectivity index (χ1n) is 12.9. The maximum absolute atomic E-state index is 12.5. The summed E-state index contributed by atoms with van der Waals surface area (Å²) in [6.07, 6.45) is 3.26. The van der Waals surface area contributed by atoms with Crippen LogP contribution in [0.25, 0.3) is 11.1 Å². The van der Waals surface area contributed by atoms with E-state index in [-0.39, 0.29) is 11.9 Å². The Labute approximate surface area is 219 Å². The van der Waals surface area contributed by atoms with Gasteiger partial charge in [0.05, 0.1) is 31.3 Å². The standard InChI is InChI=1S/C31H36O6/c1-4-20-34-27-14-8-24(9-15-27)25-10-18-29(19-11-25)37-31(33)26-12-16-28(17-13-26)35-21-6-7-22-36-30(32)23(3)5-2/h8-19,23H,4-7,20-22H2,1-3H3. The third-order valence-electron chi connectivity index (χ3n) is 5.88. The van der Waals surface area contributed by atoms with Crippen LogP contribution in [0.4, 0.5) is 0 Å². The fourth-order valence-corrected chi connectivity index (χ4v) is 3.41. The summed E-state index contributed by atoms with van der Waals surface area (Å²) in [5.74, 6) is 1.36. The number of esters is 2. The fourth-order valence-electron chi connectivity index (χ4n) is 3.41. The molecule has 0 saturated heterocycles. The van der Waals surface area contributed by atoms with Gasteiger partial charge in [0, 0.05) is 0 Å². The summed E-state index contributed by atoms with van der Waals surface area (Å²) in [5.41, 5.74) is 2.53. The van der Waals surface area contributed by atoms with E-state index in [0.29, 0.717) is 36.9 Å². The van der Waals surface area contributed by atoms with Crippen molar-refractivity contribution in [1.82, 2.24) is 0 Å². The van der Waals surface area contributed by atoms with E-state index in [4.69, 9.17) is 18.9 Å². The molecule has 0 aliphatic heterocycles. The van der Waals surface area contributed by atoms with Crippen LogP contribution in [0, 0.1) is 5.92 Å². The molecule has 196 valence electrons. The zero-order valence-electron chi connectivity index (χ0n) is 21.9. The van der Waals surface area contributed by atoms with Gasteiger partial charge in [-0.15, -0.1) is 0 Å². The molecule has 6 heteroatoms. The number of hydrogen-bond donors (Lipinski definition) is 0. The first kappa shape index (κ1) is 27.8. The van der Waals surface area contributed by atoms with Gasteiger partial charge in [-0.05, 0) is 85.3 Å². The quantitative estimate of drug-likeness (QED) is 0.132. The van der Waals surface area contributed by atoms with Crippen molar-refractivity contribution in [3.05, 3.63) is 78.4 Å². The van der Waals surface area contributed by atoms with Gasteiger partial charge in [0.25, 0.3) is 0 Å². The van der Waals surface area contributed by atoms with Crippen molar-refractivity contribution in [2.75, 3.05) is 19.8 Å². The molecule has 0 heterocycles. The van der Waals surface area contributed by atoms with Gasteiger partial charge in [-0.25, -0.2) is 4.79 Å². The minimum absolute atomic E-state index is 0.0604. The molecule has 0 N–H and O–H groups in total. The van der Waals surface area contributed by atoms with Gasteiger partial charge in [-0.1, -0.05) is 45.0 Å². The van der Waals surface area contributed by atoms with Crippen molar-refractivity contribution < 1.29 is 28.5 Å². The average Bonchev–Trinajstić information content (AvgIpc) is 2.94. The molecule has 0 aromatic heterocycles. The van der Waals surface area contributed by atoms with E-state index in [1.807, 2.05) is 50.2 Å². The minimum atomic E-state index is -0.431. The molecule has 6 nitrogen and oxygen atoms in total. The number of unbranched alkanes of at least 4 members (excludes halogenated alkanes) is 1. The number of hydrogen-bond acceptors (Lipinski definition) is 6. The van der Waals surface area contributed by atoms with Gasteiger partial charge in [-0.2, -0.15) is 0 Å². The summed E-state index contributed by atoms with van der Waals surface area (Å²) < 4.78 is 22.1. The lowest BCUT2D eigenvalue weighted by Crippen LogP contribution is -2.15. The first-order valence-corrected chi connectivity index (χ1v) is 12.9. The van der Waals surface area contributed by atoms with Crippen molar-refractivity contribution in [2.45, 2.75) is 46.5 Å². The highest BCUT2D eigenvalue weighted by atomic mass is 16.5. The van der Waals surface area contributed by atoms with Crippen LogP contribution in [0.3, 0.4) is 0 Å². The second-order valence-electron chi connectivity index (χ2n) is 8.84. The van der Waals surface area contributed by atoms with Crippen molar-refractivity contribution in [3.63, 3.8) is 0 Å². The van der Waals surface area contributed by atoms with Crippen LogP contribution in [0.15, 0.2) is 72.8 Å².